The quantitative estimate of drug-likeness (QED) is 0.774. The molecule has 1 aromatic carbocycles. The molecule has 144 valence electrons. The molecule has 1 aliphatic heterocycles. The van der Waals surface area contributed by atoms with Crippen LogP contribution in [0.3, 0.4) is 0 Å². The number of primary amides is 1. The van der Waals surface area contributed by atoms with E-state index in [1.807, 2.05) is 49.9 Å². The number of hydrogen-bond acceptors (Lipinski definition) is 4. The molecular formula is C19H30N4O3. The van der Waals surface area contributed by atoms with Gasteiger partial charge in [0.2, 0.25) is 5.91 Å². The van der Waals surface area contributed by atoms with E-state index in [9.17, 15) is 9.59 Å². The Morgan fingerprint density at radius 3 is 2.42 bits per heavy atom. The second-order valence-corrected chi connectivity index (χ2v) is 6.90. The number of nitrogens with zero attached hydrogens (tertiary/aromatic N) is 2. The molecule has 0 saturated carbocycles. The van der Waals surface area contributed by atoms with E-state index in [4.69, 9.17) is 10.5 Å². The summed E-state index contributed by atoms with van der Waals surface area (Å²) in [4.78, 5) is 28.1. The summed E-state index contributed by atoms with van der Waals surface area (Å²) in [6.45, 7) is 9.28. The zero-order valence-corrected chi connectivity index (χ0v) is 15.9. The summed E-state index contributed by atoms with van der Waals surface area (Å²) >= 11 is 0. The second kappa shape index (κ2) is 9.31. The highest BCUT2D eigenvalue weighted by Crippen LogP contribution is 2.29. The molecule has 0 bridgehead atoms. The molecule has 26 heavy (non-hydrogen) atoms. The van der Waals surface area contributed by atoms with Crippen molar-refractivity contribution in [3.8, 4) is 5.75 Å². The van der Waals surface area contributed by atoms with Crippen LogP contribution in [-0.4, -0.2) is 55.7 Å². The fraction of sp³-hybridized carbons (Fsp3) is 0.579. The van der Waals surface area contributed by atoms with Crippen LogP contribution in [0.15, 0.2) is 24.3 Å². The van der Waals surface area contributed by atoms with Crippen molar-refractivity contribution in [2.75, 3.05) is 37.7 Å². The van der Waals surface area contributed by atoms with Crippen molar-refractivity contribution in [3.63, 3.8) is 0 Å². The predicted octanol–water partition coefficient (Wildman–Crippen LogP) is 1.82. The predicted molar refractivity (Wildman–Crippen MR) is 102 cm³/mol. The molecule has 3 amide bonds. The van der Waals surface area contributed by atoms with E-state index < -0.39 is 12.1 Å². The van der Waals surface area contributed by atoms with E-state index in [2.05, 4.69) is 10.2 Å². The topological polar surface area (TPSA) is 87.9 Å². The van der Waals surface area contributed by atoms with E-state index >= 15 is 0 Å². The molecule has 0 aliphatic carbocycles. The van der Waals surface area contributed by atoms with Crippen LogP contribution in [-0.2, 0) is 4.79 Å². The molecule has 2 rings (SSSR count). The lowest BCUT2D eigenvalue weighted by atomic mass is 10.0. The van der Waals surface area contributed by atoms with Gasteiger partial charge in [-0.25, -0.2) is 4.79 Å². The lowest BCUT2D eigenvalue weighted by molar-refractivity contribution is -0.133. The van der Waals surface area contributed by atoms with Gasteiger partial charge in [-0.05, 0) is 31.4 Å². The number of piperazine rings is 1. The number of nitrogens with two attached hydrogens (primary N) is 1. The fourth-order valence-electron chi connectivity index (χ4n) is 3.25. The van der Waals surface area contributed by atoms with Crippen LogP contribution in [0.5, 0.6) is 5.75 Å². The zero-order valence-electron chi connectivity index (χ0n) is 15.9. The van der Waals surface area contributed by atoms with Crippen molar-refractivity contribution in [1.29, 1.82) is 0 Å². The Bertz CT molecular complexity index is 613. The minimum absolute atomic E-state index is 0.0600. The first-order chi connectivity index (χ1) is 12.4. The molecule has 7 heteroatoms. The third kappa shape index (κ3) is 5.28. The number of urea groups is 1. The van der Waals surface area contributed by atoms with Gasteiger partial charge in [-0.15, -0.1) is 0 Å². The number of benzene rings is 1. The molecule has 3 N–H and O–H groups in total. The van der Waals surface area contributed by atoms with Crippen molar-refractivity contribution >= 4 is 17.6 Å². The van der Waals surface area contributed by atoms with Crippen LogP contribution < -0.4 is 20.7 Å². The number of rotatable bonds is 7. The average molecular weight is 362 g/mol. The highest BCUT2D eigenvalue weighted by Gasteiger charge is 2.29. The number of nitrogens with one attached hydrogen (secondary N) is 1. The first-order valence-electron chi connectivity index (χ1n) is 9.23. The van der Waals surface area contributed by atoms with Crippen LogP contribution in [0.2, 0.25) is 0 Å². The monoisotopic (exact) mass is 362 g/mol. The molecule has 0 aromatic heterocycles. The van der Waals surface area contributed by atoms with Crippen molar-refractivity contribution in [2.45, 2.75) is 33.2 Å². The van der Waals surface area contributed by atoms with E-state index in [0.717, 1.165) is 24.5 Å². The molecule has 1 heterocycles. The Hall–Kier alpha value is -2.44. The smallest absolute Gasteiger partial charge is 0.312 e. The minimum atomic E-state index is -0.659. The maximum absolute atomic E-state index is 12.8. The Morgan fingerprint density at radius 1 is 1.19 bits per heavy atom. The number of anilines is 1. The van der Waals surface area contributed by atoms with Crippen LogP contribution in [0.25, 0.3) is 0 Å². The zero-order chi connectivity index (χ0) is 19.1. The molecule has 1 aromatic rings. The van der Waals surface area contributed by atoms with E-state index in [-0.39, 0.29) is 11.8 Å². The summed E-state index contributed by atoms with van der Waals surface area (Å²) in [5.74, 6) is 1.09. The van der Waals surface area contributed by atoms with Gasteiger partial charge in [0.15, 0.2) is 0 Å². The highest BCUT2D eigenvalue weighted by atomic mass is 16.5. The van der Waals surface area contributed by atoms with Crippen molar-refractivity contribution < 1.29 is 14.3 Å². The Kier molecular flexibility index (Phi) is 7.12. The summed E-state index contributed by atoms with van der Waals surface area (Å²) in [7, 11) is 0. The summed E-state index contributed by atoms with van der Waals surface area (Å²) in [5, 5.41) is 2.59. The summed E-state index contributed by atoms with van der Waals surface area (Å²) in [6.07, 6.45) is 0.579. The lowest BCUT2D eigenvalue weighted by Crippen LogP contribution is -2.56. The number of hydrogen-bond donors (Lipinski definition) is 2. The summed E-state index contributed by atoms with van der Waals surface area (Å²) < 4.78 is 5.71. The molecule has 1 fully saturated rings. The number of para-hydroxylation sites is 2. The summed E-state index contributed by atoms with van der Waals surface area (Å²) in [5.41, 5.74) is 6.29. The van der Waals surface area contributed by atoms with Gasteiger partial charge < -0.3 is 25.6 Å². The average Bonchev–Trinajstić information content (AvgIpc) is 2.61. The van der Waals surface area contributed by atoms with Gasteiger partial charge in [-0.2, -0.15) is 0 Å². The van der Waals surface area contributed by atoms with E-state index in [0.29, 0.717) is 26.1 Å². The van der Waals surface area contributed by atoms with Crippen LogP contribution in [0.1, 0.15) is 27.2 Å². The van der Waals surface area contributed by atoms with Gasteiger partial charge >= 0.3 is 6.03 Å². The highest BCUT2D eigenvalue weighted by molar-refractivity contribution is 5.86. The van der Waals surface area contributed by atoms with Gasteiger partial charge in [0.25, 0.3) is 0 Å². The van der Waals surface area contributed by atoms with Gasteiger partial charge in [-0.3, -0.25) is 4.79 Å². The Balaban J connectivity index is 2.00. The Morgan fingerprint density at radius 2 is 1.85 bits per heavy atom. The van der Waals surface area contributed by atoms with Crippen molar-refractivity contribution in [1.82, 2.24) is 10.2 Å². The molecule has 1 aliphatic rings. The third-order valence-corrected chi connectivity index (χ3v) is 4.42. The SMILES string of the molecule is CCOc1ccccc1N1CCN(C(=O)[C@H](CC(C)C)NC(N)=O)CC1. The van der Waals surface area contributed by atoms with Gasteiger partial charge in [-0.1, -0.05) is 26.0 Å². The number of carbonyl (C=O) groups is 2. The van der Waals surface area contributed by atoms with Crippen LogP contribution in [0.4, 0.5) is 10.5 Å². The lowest BCUT2D eigenvalue weighted by Gasteiger charge is -2.38. The number of amides is 3. The van der Waals surface area contributed by atoms with E-state index in [1.54, 1.807) is 0 Å². The van der Waals surface area contributed by atoms with Gasteiger partial charge in [0, 0.05) is 26.2 Å². The first-order valence-corrected chi connectivity index (χ1v) is 9.23. The molecule has 0 unspecified atom stereocenters. The van der Waals surface area contributed by atoms with Crippen LogP contribution in [0, 0.1) is 5.92 Å². The van der Waals surface area contributed by atoms with Crippen LogP contribution >= 0.6 is 0 Å². The molecule has 0 spiro atoms. The van der Waals surface area contributed by atoms with E-state index in [1.165, 1.54) is 0 Å². The first kappa shape index (κ1) is 19.9. The summed E-state index contributed by atoms with van der Waals surface area (Å²) in [6, 6.07) is 6.73. The third-order valence-electron chi connectivity index (χ3n) is 4.42. The normalized spacial score (nSPS) is 15.7. The molecular weight excluding hydrogens is 332 g/mol. The maximum Gasteiger partial charge on any atom is 0.312 e. The number of ether oxygens (including phenoxy) is 1. The molecule has 7 nitrogen and oxygen atoms in total. The molecule has 0 radical (unpaired) electrons. The Labute approximate surface area is 155 Å². The van der Waals surface area contributed by atoms with Crippen molar-refractivity contribution in [2.24, 2.45) is 11.7 Å². The largest absolute Gasteiger partial charge is 0.492 e. The molecule has 1 saturated heterocycles. The second-order valence-electron chi connectivity index (χ2n) is 6.90. The van der Waals surface area contributed by atoms with Gasteiger partial charge in [0.1, 0.15) is 11.8 Å². The fourth-order valence-corrected chi connectivity index (χ4v) is 3.25. The standard InChI is InChI=1S/C19H30N4O3/c1-4-26-17-8-6-5-7-16(17)22-9-11-23(12-10-22)18(24)15(13-14(2)3)21-19(20)25/h5-8,14-15H,4,9-13H2,1-3H3,(H3,20,21,25)/t15-/m0/s1. The van der Waals surface area contributed by atoms with Crippen molar-refractivity contribution in [3.05, 3.63) is 24.3 Å². The molecule has 1 atom stereocenters. The maximum atomic E-state index is 12.8. The van der Waals surface area contributed by atoms with Gasteiger partial charge in [0.05, 0.1) is 12.3 Å². The number of carbonyl (C=O) groups excluding carboxylic acids is 2. The minimum Gasteiger partial charge on any atom is -0.492 e.